The highest BCUT2D eigenvalue weighted by Gasteiger charge is 2.23. The maximum atomic E-state index is 11.9. The van der Waals surface area contributed by atoms with Crippen molar-refractivity contribution in [1.29, 1.82) is 5.26 Å². The zero-order chi connectivity index (χ0) is 13.8. The number of nitriles is 1. The van der Waals surface area contributed by atoms with Crippen LogP contribution in [-0.4, -0.2) is 27.8 Å². The van der Waals surface area contributed by atoms with Crippen molar-refractivity contribution in [2.45, 2.75) is 18.6 Å². The Bertz CT molecular complexity index is 547. The fraction of sp³-hybridized carbons (Fsp3) is 0.417. The average molecular weight is 267 g/mol. The monoisotopic (exact) mass is 267 g/mol. The fourth-order valence-electron chi connectivity index (χ4n) is 1.46. The van der Waals surface area contributed by atoms with E-state index in [4.69, 9.17) is 5.26 Å². The molecule has 0 bridgehead atoms. The molecule has 0 saturated carbocycles. The van der Waals surface area contributed by atoms with Crippen LogP contribution in [0.3, 0.4) is 0 Å². The third-order valence-corrected chi connectivity index (χ3v) is 4.22. The third kappa shape index (κ3) is 3.37. The molecular formula is C12H17N3O2S. The number of hydrogen-bond donors (Lipinski definition) is 1. The molecule has 1 aromatic carbocycles. The van der Waals surface area contributed by atoms with Crippen LogP contribution >= 0.6 is 0 Å². The van der Waals surface area contributed by atoms with E-state index in [1.165, 1.54) is 0 Å². The smallest absolute Gasteiger partial charge is 0.249 e. The van der Waals surface area contributed by atoms with Gasteiger partial charge >= 0.3 is 0 Å². The molecule has 1 unspecified atom stereocenters. The number of hydrogen-bond acceptors (Lipinski definition) is 4. The first kappa shape index (κ1) is 14.3. The summed E-state index contributed by atoms with van der Waals surface area (Å²) < 4.78 is 26.2. The van der Waals surface area contributed by atoms with Gasteiger partial charge in [-0.25, -0.2) is 8.42 Å². The van der Waals surface area contributed by atoms with Crippen molar-refractivity contribution in [2.75, 3.05) is 23.7 Å². The molecule has 0 amide bonds. The Morgan fingerprint density at radius 3 is 2.61 bits per heavy atom. The lowest BCUT2D eigenvalue weighted by Crippen LogP contribution is -2.26. The van der Waals surface area contributed by atoms with E-state index in [-0.39, 0.29) is 6.42 Å². The predicted octanol–water partition coefficient (Wildman–Crippen LogP) is 1.80. The largest absolute Gasteiger partial charge is 0.378 e. The second kappa shape index (κ2) is 5.74. The lowest BCUT2D eigenvalue weighted by atomic mass is 10.3. The molecule has 0 aliphatic heterocycles. The maximum absolute atomic E-state index is 11.9. The van der Waals surface area contributed by atoms with Crippen LogP contribution in [0, 0.1) is 11.3 Å². The van der Waals surface area contributed by atoms with Gasteiger partial charge in [0, 0.05) is 19.8 Å². The summed E-state index contributed by atoms with van der Waals surface area (Å²) in [5.74, 6) is 0. The standard InChI is InChI=1S/C12H17N3O2S/c1-4-12(9-13)18(16,17)14-10-6-5-7-11(8-10)15(2)3/h5-8,12,14H,4H2,1-3H3. The summed E-state index contributed by atoms with van der Waals surface area (Å²) in [5.41, 5.74) is 1.36. The zero-order valence-corrected chi connectivity index (χ0v) is 11.5. The van der Waals surface area contributed by atoms with Crippen molar-refractivity contribution in [1.82, 2.24) is 0 Å². The molecule has 0 fully saturated rings. The second-order valence-electron chi connectivity index (χ2n) is 4.12. The van der Waals surface area contributed by atoms with Crippen LogP contribution in [0.4, 0.5) is 11.4 Å². The summed E-state index contributed by atoms with van der Waals surface area (Å²) in [5, 5.41) is 7.78. The van der Waals surface area contributed by atoms with Gasteiger partial charge in [-0.2, -0.15) is 5.26 Å². The van der Waals surface area contributed by atoms with Crippen LogP contribution < -0.4 is 9.62 Å². The molecule has 0 heterocycles. The van der Waals surface area contributed by atoms with Gasteiger partial charge in [-0.1, -0.05) is 13.0 Å². The topological polar surface area (TPSA) is 73.2 Å². The highest BCUT2D eigenvalue weighted by molar-refractivity contribution is 7.93. The zero-order valence-electron chi connectivity index (χ0n) is 10.7. The first-order valence-corrected chi connectivity index (χ1v) is 7.14. The first-order valence-electron chi connectivity index (χ1n) is 5.59. The highest BCUT2D eigenvalue weighted by atomic mass is 32.2. The van der Waals surface area contributed by atoms with Gasteiger partial charge in [0.05, 0.1) is 11.8 Å². The van der Waals surface area contributed by atoms with Crippen molar-refractivity contribution in [3.05, 3.63) is 24.3 Å². The van der Waals surface area contributed by atoms with Crippen molar-refractivity contribution in [3.63, 3.8) is 0 Å². The van der Waals surface area contributed by atoms with Gasteiger partial charge in [-0.3, -0.25) is 4.72 Å². The van der Waals surface area contributed by atoms with E-state index >= 15 is 0 Å². The molecule has 5 nitrogen and oxygen atoms in total. The Kier molecular flexibility index (Phi) is 4.56. The Balaban J connectivity index is 2.98. The van der Waals surface area contributed by atoms with Crippen molar-refractivity contribution >= 4 is 21.4 Å². The van der Waals surface area contributed by atoms with E-state index in [9.17, 15) is 8.42 Å². The summed E-state index contributed by atoms with van der Waals surface area (Å²) in [6.45, 7) is 1.67. The Hall–Kier alpha value is -1.74. The van der Waals surface area contributed by atoms with Crippen LogP contribution in [0.15, 0.2) is 24.3 Å². The van der Waals surface area contributed by atoms with E-state index < -0.39 is 15.3 Å². The summed E-state index contributed by atoms with van der Waals surface area (Å²) in [6, 6.07) is 8.81. The summed E-state index contributed by atoms with van der Waals surface area (Å²) in [6.07, 6.45) is 0.263. The van der Waals surface area contributed by atoms with Gasteiger partial charge in [0.1, 0.15) is 0 Å². The second-order valence-corrected chi connectivity index (χ2v) is 5.98. The van der Waals surface area contributed by atoms with Crippen LogP contribution in [0.2, 0.25) is 0 Å². The van der Waals surface area contributed by atoms with Gasteiger partial charge in [0.25, 0.3) is 0 Å². The Labute approximate surface area is 108 Å². The molecule has 0 radical (unpaired) electrons. The molecule has 0 saturated heterocycles. The van der Waals surface area contributed by atoms with Gasteiger partial charge in [0.15, 0.2) is 5.25 Å². The van der Waals surface area contributed by atoms with Crippen LogP contribution in [0.25, 0.3) is 0 Å². The molecule has 1 aromatic rings. The molecule has 18 heavy (non-hydrogen) atoms. The summed E-state index contributed by atoms with van der Waals surface area (Å²) in [4.78, 5) is 1.87. The number of nitrogens with zero attached hydrogens (tertiary/aromatic N) is 2. The van der Waals surface area contributed by atoms with Gasteiger partial charge in [-0.15, -0.1) is 0 Å². The quantitative estimate of drug-likeness (QED) is 0.882. The van der Waals surface area contributed by atoms with E-state index in [0.717, 1.165) is 5.69 Å². The molecule has 1 rings (SSSR count). The third-order valence-electron chi connectivity index (χ3n) is 2.51. The van der Waals surface area contributed by atoms with Crippen molar-refractivity contribution in [3.8, 4) is 6.07 Å². The Morgan fingerprint density at radius 2 is 2.11 bits per heavy atom. The van der Waals surface area contributed by atoms with Crippen LogP contribution in [0.1, 0.15) is 13.3 Å². The number of anilines is 2. The summed E-state index contributed by atoms with van der Waals surface area (Å²) >= 11 is 0. The van der Waals surface area contributed by atoms with Gasteiger partial charge in [0.2, 0.25) is 10.0 Å². The van der Waals surface area contributed by atoms with Gasteiger partial charge < -0.3 is 4.90 Å². The normalized spacial score (nSPS) is 12.6. The maximum Gasteiger partial charge on any atom is 0.249 e. The molecular weight excluding hydrogens is 250 g/mol. The van der Waals surface area contributed by atoms with E-state index in [2.05, 4.69) is 4.72 Å². The fourth-order valence-corrected chi connectivity index (χ4v) is 2.64. The molecule has 0 aromatic heterocycles. The summed E-state index contributed by atoms with van der Waals surface area (Å²) in [7, 11) is 0.0979. The number of rotatable bonds is 5. The van der Waals surface area contributed by atoms with Crippen molar-refractivity contribution in [2.24, 2.45) is 0 Å². The van der Waals surface area contributed by atoms with E-state index in [1.54, 1.807) is 31.2 Å². The lowest BCUT2D eigenvalue weighted by Gasteiger charge is -2.15. The van der Waals surface area contributed by atoms with Crippen molar-refractivity contribution < 1.29 is 8.42 Å². The average Bonchev–Trinajstić information content (AvgIpc) is 2.29. The number of nitrogens with one attached hydrogen (secondary N) is 1. The van der Waals surface area contributed by atoms with E-state index in [1.807, 2.05) is 25.1 Å². The highest BCUT2D eigenvalue weighted by Crippen LogP contribution is 2.19. The minimum atomic E-state index is -3.65. The predicted molar refractivity (Wildman–Crippen MR) is 73.0 cm³/mol. The van der Waals surface area contributed by atoms with Crippen LogP contribution in [-0.2, 0) is 10.0 Å². The first-order chi connectivity index (χ1) is 8.40. The Morgan fingerprint density at radius 1 is 1.44 bits per heavy atom. The minimum absolute atomic E-state index is 0.263. The number of sulfonamides is 1. The van der Waals surface area contributed by atoms with Gasteiger partial charge in [-0.05, 0) is 24.6 Å². The van der Waals surface area contributed by atoms with Crippen LogP contribution in [0.5, 0.6) is 0 Å². The molecule has 1 atom stereocenters. The number of benzene rings is 1. The molecule has 0 spiro atoms. The molecule has 6 heteroatoms. The van der Waals surface area contributed by atoms with E-state index in [0.29, 0.717) is 5.69 Å². The minimum Gasteiger partial charge on any atom is -0.378 e. The molecule has 1 N–H and O–H groups in total. The molecule has 0 aliphatic rings. The lowest BCUT2D eigenvalue weighted by molar-refractivity contribution is 0.593. The SMILES string of the molecule is CCC(C#N)S(=O)(=O)Nc1cccc(N(C)C)c1. The molecule has 98 valence electrons. The molecule has 0 aliphatic carbocycles.